The van der Waals surface area contributed by atoms with Crippen LogP contribution in [-0.2, 0) is 6.18 Å². The van der Waals surface area contributed by atoms with Crippen molar-refractivity contribution in [3.05, 3.63) is 21.5 Å². The van der Waals surface area contributed by atoms with Crippen LogP contribution in [0.4, 0.5) is 13.2 Å². The zero-order chi connectivity index (χ0) is 10.8. The second-order valence-corrected chi connectivity index (χ2v) is 3.54. The van der Waals surface area contributed by atoms with Crippen LogP contribution in [0.25, 0.3) is 0 Å². The molecule has 0 amide bonds. The second kappa shape index (κ2) is 4.33. The van der Waals surface area contributed by atoms with Crippen molar-refractivity contribution in [2.75, 3.05) is 6.61 Å². The Morgan fingerprint density at radius 1 is 1.50 bits per heavy atom. The fraction of sp³-hybridized carbons (Fsp3) is 0.375. The van der Waals surface area contributed by atoms with Gasteiger partial charge >= 0.3 is 6.18 Å². The molecule has 0 saturated carbocycles. The molecule has 6 heteroatoms. The van der Waals surface area contributed by atoms with Gasteiger partial charge in [0.25, 0.3) is 0 Å². The highest BCUT2D eigenvalue weighted by Crippen LogP contribution is 2.36. The van der Waals surface area contributed by atoms with E-state index in [9.17, 15) is 13.2 Å². The zero-order valence-electron chi connectivity index (χ0n) is 7.23. The number of hydrogen-bond acceptors (Lipinski definition) is 2. The largest absolute Gasteiger partial charge is 0.492 e. The quantitative estimate of drug-likeness (QED) is 0.618. The van der Waals surface area contributed by atoms with Gasteiger partial charge in [0.1, 0.15) is 15.0 Å². The Balaban J connectivity index is 3.16. The summed E-state index contributed by atoms with van der Waals surface area (Å²) >= 11 is 1.72. The molecular formula is C8H7F3INO. The van der Waals surface area contributed by atoms with Gasteiger partial charge in [-0.25, -0.2) is 4.98 Å². The van der Waals surface area contributed by atoms with Crippen molar-refractivity contribution in [2.45, 2.75) is 13.1 Å². The Bertz CT molecular complexity index is 327. The number of pyridine rings is 1. The number of ether oxygens (including phenoxy) is 1. The Hall–Kier alpha value is -0.530. The minimum atomic E-state index is -4.40. The predicted octanol–water partition coefficient (Wildman–Crippen LogP) is 3.10. The van der Waals surface area contributed by atoms with Gasteiger partial charge in [-0.2, -0.15) is 13.2 Å². The van der Waals surface area contributed by atoms with Crippen molar-refractivity contribution < 1.29 is 17.9 Å². The van der Waals surface area contributed by atoms with Gasteiger partial charge in [-0.3, -0.25) is 0 Å². The average molecular weight is 317 g/mol. The molecule has 0 aromatic carbocycles. The lowest BCUT2D eigenvalue weighted by atomic mass is 10.2. The van der Waals surface area contributed by atoms with E-state index in [1.165, 1.54) is 0 Å². The van der Waals surface area contributed by atoms with Gasteiger partial charge in [0.15, 0.2) is 0 Å². The van der Waals surface area contributed by atoms with E-state index in [1.807, 2.05) is 0 Å². The fourth-order valence-electron chi connectivity index (χ4n) is 0.909. The molecule has 0 aliphatic carbocycles. The number of aromatic nitrogens is 1. The highest BCUT2D eigenvalue weighted by molar-refractivity contribution is 14.1. The number of alkyl halides is 3. The molecule has 1 heterocycles. The number of hydrogen-bond donors (Lipinski definition) is 0. The summed E-state index contributed by atoms with van der Waals surface area (Å²) < 4.78 is 42.4. The first kappa shape index (κ1) is 11.5. The first-order chi connectivity index (χ1) is 6.45. The second-order valence-electron chi connectivity index (χ2n) is 2.43. The molecule has 1 aromatic heterocycles. The van der Waals surface area contributed by atoms with Gasteiger partial charge in [0.2, 0.25) is 0 Å². The minimum Gasteiger partial charge on any atom is -0.492 e. The molecule has 0 radical (unpaired) electrons. The summed E-state index contributed by atoms with van der Waals surface area (Å²) in [6.07, 6.45) is -3.30. The Kier molecular flexibility index (Phi) is 3.57. The van der Waals surface area contributed by atoms with Gasteiger partial charge in [-0.05, 0) is 35.6 Å². The average Bonchev–Trinajstić information content (AvgIpc) is 2.07. The minimum absolute atomic E-state index is 0.186. The van der Waals surface area contributed by atoms with Crippen LogP contribution in [0.5, 0.6) is 5.75 Å². The molecule has 0 atom stereocenters. The van der Waals surface area contributed by atoms with Crippen LogP contribution < -0.4 is 4.74 Å². The standard InChI is InChI=1S/C8H7F3INO/c1-2-14-6-4-13-7(12)3-5(6)8(9,10)11/h3-4H,2H2,1H3. The number of halogens is 4. The van der Waals surface area contributed by atoms with Gasteiger partial charge in [0.05, 0.1) is 12.8 Å². The number of nitrogens with zero attached hydrogens (tertiary/aromatic N) is 1. The van der Waals surface area contributed by atoms with Crippen molar-refractivity contribution in [1.82, 2.24) is 4.98 Å². The third-order valence-electron chi connectivity index (χ3n) is 1.44. The van der Waals surface area contributed by atoms with Gasteiger partial charge in [0, 0.05) is 0 Å². The van der Waals surface area contributed by atoms with E-state index in [-0.39, 0.29) is 12.4 Å². The van der Waals surface area contributed by atoms with Crippen LogP contribution in [0, 0.1) is 3.70 Å². The molecule has 1 aromatic rings. The lowest BCUT2D eigenvalue weighted by Gasteiger charge is -2.12. The lowest BCUT2D eigenvalue weighted by molar-refractivity contribution is -0.139. The molecule has 0 fully saturated rings. The SMILES string of the molecule is CCOc1cnc(I)cc1C(F)(F)F. The van der Waals surface area contributed by atoms with Crippen LogP contribution in [-0.4, -0.2) is 11.6 Å². The summed E-state index contributed by atoms with van der Waals surface area (Å²) in [6.45, 7) is 1.81. The Morgan fingerprint density at radius 3 is 2.64 bits per heavy atom. The van der Waals surface area contributed by atoms with E-state index in [4.69, 9.17) is 4.74 Å². The van der Waals surface area contributed by atoms with Crippen molar-refractivity contribution in [2.24, 2.45) is 0 Å². The topological polar surface area (TPSA) is 22.1 Å². The van der Waals surface area contributed by atoms with Crippen molar-refractivity contribution in [1.29, 1.82) is 0 Å². The summed E-state index contributed by atoms with van der Waals surface area (Å²) in [6, 6.07) is 0.964. The smallest absolute Gasteiger partial charge is 0.420 e. The van der Waals surface area contributed by atoms with E-state index >= 15 is 0 Å². The first-order valence-corrected chi connectivity index (χ1v) is 4.88. The van der Waals surface area contributed by atoms with Crippen molar-refractivity contribution >= 4 is 22.6 Å². The number of rotatable bonds is 2. The highest BCUT2D eigenvalue weighted by atomic mass is 127. The normalized spacial score (nSPS) is 11.5. The van der Waals surface area contributed by atoms with E-state index in [0.717, 1.165) is 12.3 Å². The van der Waals surface area contributed by atoms with Crippen LogP contribution in [0.15, 0.2) is 12.3 Å². The van der Waals surface area contributed by atoms with Gasteiger partial charge < -0.3 is 4.74 Å². The maximum absolute atomic E-state index is 12.4. The summed E-state index contributed by atoms with van der Waals surface area (Å²) in [4.78, 5) is 3.73. The Morgan fingerprint density at radius 2 is 2.14 bits per heavy atom. The third-order valence-corrected chi connectivity index (χ3v) is 2.03. The molecule has 1 rings (SSSR count). The van der Waals surface area contributed by atoms with E-state index in [1.54, 1.807) is 29.5 Å². The summed E-state index contributed by atoms with van der Waals surface area (Å²) in [5.74, 6) is -0.222. The summed E-state index contributed by atoms with van der Waals surface area (Å²) in [7, 11) is 0. The highest BCUT2D eigenvalue weighted by Gasteiger charge is 2.34. The van der Waals surface area contributed by atoms with E-state index in [0.29, 0.717) is 3.70 Å². The molecule has 14 heavy (non-hydrogen) atoms. The molecule has 0 aliphatic rings. The molecule has 0 aliphatic heterocycles. The van der Waals surface area contributed by atoms with Crippen LogP contribution in [0.3, 0.4) is 0 Å². The maximum Gasteiger partial charge on any atom is 0.420 e. The molecular weight excluding hydrogens is 310 g/mol. The van der Waals surface area contributed by atoms with Crippen LogP contribution in [0.2, 0.25) is 0 Å². The molecule has 0 spiro atoms. The first-order valence-electron chi connectivity index (χ1n) is 3.80. The van der Waals surface area contributed by atoms with Crippen molar-refractivity contribution in [3.63, 3.8) is 0 Å². The Labute approximate surface area is 92.6 Å². The molecule has 2 nitrogen and oxygen atoms in total. The van der Waals surface area contributed by atoms with Crippen LogP contribution >= 0.6 is 22.6 Å². The lowest BCUT2D eigenvalue weighted by Crippen LogP contribution is -2.09. The molecule has 0 unspecified atom stereocenters. The van der Waals surface area contributed by atoms with Crippen LogP contribution in [0.1, 0.15) is 12.5 Å². The molecule has 0 saturated heterocycles. The molecule has 0 N–H and O–H groups in total. The maximum atomic E-state index is 12.4. The molecule has 0 bridgehead atoms. The fourth-order valence-corrected chi connectivity index (χ4v) is 1.36. The molecule has 78 valence electrons. The van der Waals surface area contributed by atoms with Gasteiger partial charge in [-0.15, -0.1) is 0 Å². The third kappa shape index (κ3) is 2.73. The van der Waals surface area contributed by atoms with Crippen molar-refractivity contribution in [3.8, 4) is 5.75 Å². The summed E-state index contributed by atoms with van der Waals surface area (Å²) in [5, 5.41) is 0. The monoisotopic (exact) mass is 317 g/mol. The zero-order valence-corrected chi connectivity index (χ0v) is 9.39. The predicted molar refractivity (Wildman–Crippen MR) is 53.1 cm³/mol. The van der Waals surface area contributed by atoms with E-state index < -0.39 is 11.7 Å². The summed E-state index contributed by atoms with van der Waals surface area (Å²) in [5.41, 5.74) is -0.779. The van der Waals surface area contributed by atoms with Gasteiger partial charge in [-0.1, -0.05) is 0 Å². The van der Waals surface area contributed by atoms with E-state index in [2.05, 4.69) is 4.98 Å².